The summed E-state index contributed by atoms with van der Waals surface area (Å²) in [5, 5.41) is 8.66. The molecular weight excluding hydrogens is 467 g/mol. The molecule has 9 nitrogen and oxygen atoms in total. The molecule has 0 aliphatic carbocycles. The van der Waals surface area contributed by atoms with Crippen molar-refractivity contribution >= 4 is 35.3 Å². The van der Waals surface area contributed by atoms with E-state index >= 15 is 0 Å². The zero-order chi connectivity index (χ0) is 26.1. The zero-order valence-corrected chi connectivity index (χ0v) is 19.9. The van der Waals surface area contributed by atoms with Crippen LogP contribution in [0.25, 0.3) is 0 Å². The molecule has 3 aromatic rings. The molecule has 3 rings (SSSR count). The number of methoxy groups -OCH3 is 1. The highest BCUT2D eigenvalue weighted by Crippen LogP contribution is 2.27. The molecule has 0 spiro atoms. The normalized spacial score (nSPS) is 10.6. The average molecular weight is 493 g/mol. The molecule has 0 aliphatic heterocycles. The Kier molecular flexibility index (Phi) is 8.71. The topological polar surface area (TPSA) is 118 Å². The lowest BCUT2D eigenvalue weighted by atomic mass is 10.1. The molecule has 0 aliphatic rings. The van der Waals surface area contributed by atoms with E-state index in [1.165, 1.54) is 31.5 Å². The van der Waals surface area contributed by atoms with Gasteiger partial charge in [0.05, 0.1) is 19.0 Å². The second-order valence-corrected chi connectivity index (χ2v) is 7.68. The summed E-state index contributed by atoms with van der Waals surface area (Å²) < 4.78 is 24.5. The highest BCUT2D eigenvalue weighted by molar-refractivity contribution is 6.39. The fourth-order valence-electron chi connectivity index (χ4n) is 3.00. The molecule has 3 N–H and O–H groups in total. The third-order valence-electron chi connectivity index (χ3n) is 5.05. The van der Waals surface area contributed by atoms with Crippen LogP contribution in [0, 0.1) is 19.7 Å². The van der Waals surface area contributed by atoms with Gasteiger partial charge in [-0.1, -0.05) is 18.2 Å². The zero-order valence-electron chi connectivity index (χ0n) is 19.9. The van der Waals surface area contributed by atoms with E-state index in [2.05, 4.69) is 21.2 Å². The Morgan fingerprint density at radius 3 is 2.42 bits per heavy atom. The van der Waals surface area contributed by atoms with Crippen molar-refractivity contribution in [2.75, 3.05) is 24.4 Å². The van der Waals surface area contributed by atoms with E-state index in [4.69, 9.17) is 9.47 Å². The van der Waals surface area contributed by atoms with Gasteiger partial charge < -0.3 is 20.1 Å². The van der Waals surface area contributed by atoms with E-state index in [0.29, 0.717) is 22.7 Å². The van der Waals surface area contributed by atoms with Crippen molar-refractivity contribution in [3.05, 3.63) is 83.2 Å². The number of ether oxygens (including phenoxy) is 2. The Balaban J connectivity index is 1.53. The second kappa shape index (κ2) is 12.1. The maximum absolute atomic E-state index is 13.6. The van der Waals surface area contributed by atoms with Crippen LogP contribution in [0.2, 0.25) is 0 Å². The molecule has 3 amide bonds. The van der Waals surface area contributed by atoms with Gasteiger partial charge in [-0.15, -0.1) is 0 Å². The molecule has 0 fully saturated rings. The summed E-state index contributed by atoms with van der Waals surface area (Å²) in [6.07, 6.45) is 1.28. The van der Waals surface area contributed by atoms with Crippen molar-refractivity contribution in [2.24, 2.45) is 5.10 Å². The van der Waals surface area contributed by atoms with Crippen LogP contribution >= 0.6 is 0 Å². The average Bonchev–Trinajstić information content (AvgIpc) is 2.86. The Bertz CT molecular complexity index is 1310. The van der Waals surface area contributed by atoms with Gasteiger partial charge in [0.15, 0.2) is 18.1 Å². The predicted molar refractivity (Wildman–Crippen MR) is 134 cm³/mol. The molecule has 0 unspecified atom stereocenters. The highest BCUT2D eigenvalue weighted by Gasteiger charge is 2.15. The van der Waals surface area contributed by atoms with E-state index in [-0.39, 0.29) is 18.2 Å². The van der Waals surface area contributed by atoms with Crippen molar-refractivity contribution in [3.63, 3.8) is 0 Å². The first kappa shape index (κ1) is 25.9. The number of hydrogen-bond donors (Lipinski definition) is 3. The second-order valence-electron chi connectivity index (χ2n) is 7.68. The van der Waals surface area contributed by atoms with Crippen molar-refractivity contribution in [2.45, 2.75) is 13.8 Å². The van der Waals surface area contributed by atoms with Crippen LogP contribution in [0.5, 0.6) is 11.5 Å². The summed E-state index contributed by atoms with van der Waals surface area (Å²) in [5.41, 5.74) is 5.33. The van der Waals surface area contributed by atoms with Gasteiger partial charge >= 0.3 is 11.8 Å². The van der Waals surface area contributed by atoms with E-state index in [1.807, 2.05) is 32.0 Å². The Morgan fingerprint density at radius 1 is 0.917 bits per heavy atom. The van der Waals surface area contributed by atoms with Gasteiger partial charge in [0.2, 0.25) is 0 Å². The monoisotopic (exact) mass is 492 g/mol. The van der Waals surface area contributed by atoms with Crippen molar-refractivity contribution in [3.8, 4) is 11.5 Å². The van der Waals surface area contributed by atoms with E-state index in [9.17, 15) is 18.8 Å². The third-order valence-corrected chi connectivity index (χ3v) is 5.05. The Morgan fingerprint density at radius 2 is 1.69 bits per heavy atom. The van der Waals surface area contributed by atoms with Crippen molar-refractivity contribution in [1.29, 1.82) is 0 Å². The minimum absolute atomic E-state index is 0.121. The predicted octanol–water partition coefficient (Wildman–Crippen LogP) is 3.56. The van der Waals surface area contributed by atoms with Crippen LogP contribution in [0.3, 0.4) is 0 Å². The Hall–Kier alpha value is -4.73. The van der Waals surface area contributed by atoms with Crippen LogP contribution in [-0.2, 0) is 14.4 Å². The number of anilines is 2. The highest BCUT2D eigenvalue weighted by atomic mass is 19.1. The lowest BCUT2D eigenvalue weighted by Crippen LogP contribution is -2.32. The number of hydrazone groups is 1. The summed E-state index contributed by atoms with van der Waals surface area (Å²) in [5.74, 6) is -2.48. The number of carbonyl (C=O) groups excluding carboxylic acids is 3. The number of carbonyl (C=O) groups is 3. The first-order valence-electron chi connectivity index (χ1n) is 10.8. The molecular formula is C26H25FN4O5. The summed E-state index contributed by atoms with van der Waals surface area (Å²) in [4.78, 5) is 36.0. The van der Waals surface area contributed by atoms with Gasteiger partial charge in [0.1, 0.15) is 5.82 Å². The van der Waals surface area contributed by atoms with E-state index in [0.717, 1.165) is 17.2 Å². The quantitative estimate of drug-likeness (QED) is 0.253. The van der Waals surface area contributed by atoms with E-state index < -0.39 is 17.6 Å². The van der Waals surface area contributed by atoms with E-state index in [1.54, 1.807) is 18.2 Å². The fraction of sp³-hybridized carbons (Fsp3) is 0.154. The molecule has 0 atom stereocenters. The lowest BCUT2D eigenvalue weighted by molar-refractivity contribution is -0.136. The summed E-state index contributed by atoms with van der Waals surface area (Å²) in [7, 11) is 1.44. The summed E-state index contributed by atoms with van der Waals surface area (Å²) in [6, 6.07) is 15.9. The molecule has 0 aromatic heterocycles. The van der Waals surface area contributed by atoms with Gasteiger partial charge in [-0.25, -0.2) is 9.82 Å². The lowest BCUT2D eigenvalue weighted by Gasteiger charge is -2.12. The number of nitrogens with one attached hydrogen (secondary N) is 3. The number of hydrogen-bond acceptors (Lipinski definition) is 6. The Labute approximate surface area is 207 Å². The number of amides is 3. The van der Waals surface area contributed by atoms with Gasteiger partial charge in [0, 0.05) is 5.69 Å². The fourth-order valence-corrected chi connectivity index (χ4v) is 3.00. The van der Waals surface area contributed by atoms with Crippen LogP contribution in [0.1, 0.15) is 16.7 Å². The molecule has 0 saturated carbocycles. The molecule has 0 bridgehead atoms. The molecule has 10 heteroatoms. The van der Waals surface area contributed by atoms with Gasteiger partial charge in [0.25, 0.3) is 5.91 Å². The van der Waals surface area contributed by atoms with Crippen molar-refractivity contribution < 1.29 is 28.2 Å². The first-order valence-corrected chi connectivity index (χ1v) is 10.8. The molecule has 36 heavy (non-hydrogen) atoms. The van der Waals surface area contributed by atoms with Gasteiger partial charge in [-0.3, -0.25) is 14.4 Å². The third kappa shape index (κ3) is 7.13. The van der Waals surface area contributed by atoms with Crippen LogP contribution in [-0.4, -0.2) is 37.7 Å². The number of aryl methyl sites for hydroxylation is 2. The maximum atomic E-state index is 13.6. The molecule has 0 saturated heterocycles. The number of nitrogens with zero attached hydrogens (tertiary/aromatic N) is 1. The number of para-hydroxylation sites is 1. The standard InChI is InChI=1S/C26H25FN4O5/c1-16-8-10-19(12-17(16)2)29-24(32)15-36-22-11-9-18(13-23(22)35-3)14-28-31-26(34)25(33)30-21-7-5-4-6-20(21)27/h4-14H,15H2,1-3H3,(H,29,32)(H,30,33)(H,31,34)/b28-14-. The minimum Gasteiger partial charge on any atom is -0.493 e. The summed E-state index contributed by atoms with van der Waals surface area (Å²) in [6.45, 7) is 3.72. The molecule has 0 radical (unpaired) electrons. The van der Waals surface area contributed by atoms with Crippen LogP contribution < -0.4 is 25.5 Å². The first-order chi connectivity index (χ1) is 17.3. The van der Waals surface area contributed by atoms with Crippen molar-refractivity contribution in [1.82, 2.24) is 5.43 Å². The molecule has 3 aromatic carbocycles. The van der Waals surface area contributed by atoms with Gasteiger partial charge in [-0.2, -0.15) is 5.10 Å². The minimum atomic E-state index is -1.07. The number of benzene rings is 3. The summed E-state index contributed by atoms with van der Waals surface area (Å²) >= 11 is 0. The van der Waals surface area contributed by atoms with Crippen LogP contribution in [0.4, 0.5) is 15.8 Å². The number of rotatable bonds is 8. The van der Waals surface area contributed by atoms with Gasteiger partial charge in [-0.05, 0) is 73.0 Å². The number of halogens is 1. The van der Waals surface area contributed by atoms with Crippen LogP contribution in [0.15, 0.2) is 65.8 Å². The SMILES string of the molecule is COc1cc(/C=N\NC(=O)C(=O)Nc2ccccc2F)ccc1OCC(=O)Nc1ccc(C)c(C)c1. The largest absolute Gasteiger partial charge is 0.493 e. The smallest absolute Gasteiger partial charge is 0.329 e. The maximum Gasteiger partial charge on any atom is 0.329 e. The molecule has 186 valence electrons. The molecule has 0 heterocycles.